The molecule has 2 heterocycles. The third-order valence-corrected chi connectivity index (χ3v) is 5.96. The highest BCUT2D eigenvalue weighted by molar-refractivity contribution is 6.04. The summed E-state index contributed by atoms with van der Waals surface area (Å²) in [5.74, 6) is 0.875. The van der Waals surface area contributed by atoms with E-state index in [0.717, 1.165) is 41.1 Å². The number of hydrogen-bond acceptors (Lipinski definition) is 2. The first-order chi connectivity index (χ1) is 16.1. The summed E-state index contributed by atoms with van der Waals surface area (Å²) in [4.78, 5) is 20.7. The minimum absolute atomic E-state index is 0.113. The highest BCUT2D eigenvalue weighted by Crippen LogP contribution is 2.18. The summed E-state index contributed by atoms with van der Waals surface area (Å²) in [6.07, 6.45) is 1.72. The fourth-order valence-corrected chi connectivity index (χ4v) is 4.18. The van der Waals surface area contributed by atoms with Gasteiger partial charge in [0.1, 0.15) is 5.82 Å². The molecular formula is C28H26N4O. The third kappa shape index (κ3) is 4.44. The highest BCUT2D eigenvalue weighted by atomic mass is 16.1. The van der Waals surface area contributed by atoms with Gasteiger partial charge >= 0.3 is 0 Å². The van der Waals surface area contributed by atoms with Gasteiger partial charge in [0, 0.05) is 34.7 Å². The summed E-state index contributed by atoms with van der Waals surface area (Å²) in [6.45, 7) is 4.15. The van der Waals surface area contributed by atoms with Crippen LogP contribution in [0.3, 0.4) is 0 Å². The predicted octanol–water partition coefficient (Wildman–Crippen LogP) is 6.01. The lowest BCUT2D eigenvalue weighted by molar-refractivity contribution is 0.102. The molecule has 1 amide bonds. The number of hydrogen-bond donors (Lipinski definition) is 2. The lowest BCUT2D eigenvalue weighted by Gasteiger charge is -2.11. The van der Waals surface area contributed by atoms with Crippen LogP contribution < -0.4 is 5.32 Å². The molecule has 5 aromatic rings. The molecular weight excluding hydrogens is 408 g/mol. The van der Waals surface area contributed by atoms with Crippen LogP contribution in [0.5, 0.6) is 0 Å². The molecule has 5 heteroatoms. The first-order valence-corrected chi connectivity index (χ1v) is 11.2. The van der Waals surface area contributed by atoms with Crippen LogP contribution in [0.15, 0.2) is 84.9 Å². The number of amides is 1. The summed E-state index contributed by atoms with van der Waals surface area (Å²) in [5.41, 5.74) is 8.09. The van der Waals surface area contributed by atoms with Gasteiger partial charge in [0.25, 0.3) is 5.91 Å². The Bertz CT molecular complexity index is 1360. The van der Waals surface area contributed by atoms with Crippen molar-refractivity contribution in [2.45, 2.75) is 26.7 Å². The van der Waals surface area contributed by atoms with Gasteiger partial charge < -0.3 is 14.9 Å². The molecule has 2 N–H and O–H groups in total. The van der Waals surface area contributed by atoms with E-state index in [1.165, 1.54) is 17.0 Å². The quantitative estimate of drug-likeness (QED) is 0.344. The number of anilines is 1. The molecule has 0 bridgehead atoms. The molecule has 0 saturated carbocycles. The summed E-state index contributed by atoms with van der Waals surface area (Å²) in [6, 6.07) is 28.0. The molecule has 5 rings (SSSR count). The molecule has 3 aromatic carbocycles. The first kappa shape index (κ1) is 20.8. The van der Waals surface area contributed by atoms with E-state index in [9.17, 15) is 4.79 Å². The molecule has 0 aliphatic carbocycles. The van der Waals surface area contributed by atoms with E-state index in [4.69, 9.17) is 0 Å². The van der Waals surface area contributed by atoms with Gasteiger partial charge in [0.15, 0.2) is 0 Å². The van der Waals surface area contributed by atoms with Crippen LogP contribution in [-0.2, 0) is 12.8 Å². The zero-order valence-electron chi connectivity index (χ0n) is 18.8. The Morgan fingerprint density at radius 2 is 1.55 bits per heavy atom. The highest BCUT2D eigenvalue weighted by Gasteiger charge is 2.09. The lowest BCUT2D eigenvalue weighted by atomic mass is 10.1. The molecule has 0 spiro atoms. The lowest BCUT2D eigenvalue weighted by Crippen LogP contribution is -2.12. The SMILES string of the molecule is Cc1ccc(C)n1-c1ccc(C(=O)Nc2ccc(CCc3nc4ccccc4[nH]3)cc2)cc1. The van der Waals surface area contributed by atoms with Crippen molar-refractivity contribution in [1.82, 2.24) is 14.5 Å². The van der Waals surface area contributed by atoms with E-state index in [2.05, 4.69) is 58.0 Å². The summed E-state index contributed by atoms with van der Waals surface area (Å²) in [7, 11) is 0. The molecule has 0 saturated heterocycles. The van der Waals surface area contributed by atoms with Crippen LogP contribution >= 0.6 is 0 Å². The average Bonchev–Trinajstić information content (AvgIpc) is 3.41. The Hall–Kier alpha value is -4.12. The van der Waals surface area contributed by atoms with E-state index in [-0.39, 0.29) is 5.91 Å². The van der Waals surface area contributed by atoms with Crippen LogP contribution in [0.2, 0.25) is 0 Å². The number of para-hydroxylation sites is 2. The number of aryl methyl sites for hydroxylation is 4. The normalized spacial score (nSPS) is 11.1. The van der Waals surface area contributed by atoms with Crippen LogP contribution in [0, 0.1) is 13.8 Å². The molecule has 0 aliphatic heterocycles. The minimum atomic E-state index is -0.113. The summed E-state index contributed by atoms with van der Waals surface area (Å²) >= 11 is 0. The molecule has 0 aliphatic rings. The largest absolute Gasteiger partial charge is 0.342 e. The molecule has 0 fully saturated rings. The number of fused-ring (bicyclic) bond motifs is 1. The minimum Gasteiger partial charge on any atom is -0.342 e. The van der Waals surface area contributed by atoms with Crippen molar-refractivity contribution in [1.29, 1.82) is 0 Å². The molecule has 0 unspecified atom stereocenters. The van der Waals surface area contributed by atoms with E-state index < -0.39 is 0 Å². The molecule has 0 radical (unpaired) electrons. The molecule has 0 atom stereocenters. The number of nitrogens with one attached hydrogen (secondary N) is 2. The van der Waals surface area contributed by atoms with Crippen molar-refractivity contribution in [3.8, 4) is 5.69 Å². The van der Waals surface area contributed by atoms with Crippen molar-refractivity contribution < 1.29 is 4.79 Å². The first-order valence-electron chi connectivity index (χ1n) is 11.2. The van der Waals surface area contributed by atoms with E-state index in [0.29, 0.717) is 5.56 Å². The fourth-order valence-electron chi connectivity index (χ4n) is 4.18. The smallest absolute Gasteiger partial charge is 0.255 e. The molecule has 5 nitrogen and oxygen atoms in total. The Kier molecular flexibility index (Phi) is 5.53. The number of rotatable bonds is 6. The van der Waals surface area contributed by atoms with Crippen LogP contribution in [0.25, 0.3) is 16.7 Å². The average molecular weight is 435 g/mol. The zero-order chi connectivity index (χ0) is 22.8. The van der Waals surface area contributed by atoms with E-state index in [1.807, 2.05) is 60.7 Å². The predicted molar refractivity (Wildman–Crippen MR) is 133 cm³/mol. The van der Waals surface area contributed by atoms with Gasteiger partial charge in [0.2, 0.25) is 0 Å². The maximum Gasteiger partial charge on any atom is 0.255 e. The van der Waals surface area contributed by atoms with Crippen molar-refractivity contribution in [3.05, 3.63) is 113 Å². The van der Waals surface area contributed by atoms with Crippen LogP contribution in [0.4, 0.5) is 5.69 Å². The van der Waals surface area contributed by atoms with Crippen molar-refractivity contribution in [3.63, 3.8) is 0 Å². The van der Waals surface area contributed by atoms with Gasteiger partial charge in [-0.25, -0.2) is 4.98 Å². The van der Waals surface area contributed by atoms with Gasteiger partial charge in [-0.1, -0.05) is 24.3 Å². The number of carbonyl (C=O) groups is 1. The van der Waals surface area contributed by atoms with Gasteiger partial charge in [-0.05, 0) is 86.5 Å². The van der Waals surface area contributed by atoms with Gasteiger partial charge in [-0.15, -0.1) is 0 Å². The number of aromatic nitrogens is 3. The van der Waals surface area contributed by atoms with Crippen molar-refractivity contribution >= 4 is 22.6 Å². The molecule has 2 aromatic heterocycles. The van der Waals surface area contributed by atoms with E-state index in [1.54, 1.807) is 0 Å². The number of carbonyl (C=O) groups excluding carboxylic acids is 1. The number of nitrogens with zero attached hydrogens (tertiary/aromatic N) is 2. The number of aromatic amines is 1. The van der Waals surface area contributed by atoms with Gasteiger partial charge in [-0.3, -0.25) is 4.79 Å². The Labute approximate surface area is 193 Å². The van der Waals surface area contributed by atoms with Crippen LogP contribution in [-0.4, -0.2) is 20.4 Å². The number of benzene rings is 3. The van der Waals surface area contributed by atoms with Crippen molar-refractivity contribution in [2.75, 3.05) is 5.32 Å². The number of imidazole rings is 1. The third-order valence-electron chi connectivity index (χ3n) is 5.96. The Balaban J connectivity index is 1.20. The summed E-state index contributed by atoms with van der Waals surface area (Å²) < 4.78 is 2.17. The van der Waals surface area contributed by atoms with Gasteiger partial charge in [-0.2, -0.15) is 0 Å². The Morgan fingerprint density at radius 3 is 2.24 bits per heavy atom. The maximum absolute atomic E-state index is 12.7. The topological polar surface area (TPSA) is 62.7 Å². The van der Waals surface area contributed by atoms with Crippen LogP contribution in [0.1, 0.15) is 33.1 Å². The molecule has 33 heavy (non-hydrogen) atoms. The second-order valence-electron chi connectivity index (χ2n) is 8.35. The summed E-state index contributed by atoms with van der Waals surface area (Å²) in [5, 5.41) is 2.99. The standard InChI is InChI=1S/C28H26N4O/c1-19-7-8-20(2)32(19)24-16-12-22(13-17-24)28(33)29-23-14-9-21(10-15-23)11-18-27-30-25-5-3-4-6-26(25)31-27/h3-10,12-17H,11,18H2,1-2H3,(H,29,33)(H,30,31). The Morgan fingerprint density at radius 1 is 0.848 bits per heavy atom. The second kappa shape index (κ2) is 8.79. The molecule has 164 valence electrons. The maximum atomic E-state index is 12.7. The zero-order valence-corrected chi connectivity index (χ0v) is 18.8. The number of H-pyrrole nitrogens is 1. The van der Waals surface area contributed by atoms with Gasteiger partial charge in [0.05, 0.1) is 11.0 Å². The monoisotopic (exact) mass is 434 g/mol. The fraction of sp³-hybridized carbons (Fsp3) is 0.143. The van der Waals surface area contributed by atoms with E-state index >= 15 is 0 Å². The second-order valence-corrected chi connectivity index (χ2v) is 8.35. The van der Waals surface area contributed by atoms with Crippen molar-refractivity contribution in [2.24, 2.45) is 0 Å².